The predicted octanol–water partition coefficient (Wildman–Crippen LogP) is 4.93. The van der Waals surface area contributed by atoms with Gasteiger partial charge in [0.1, 0.15) is 6.04 Å². The molecule has 1 aromatic heterocycles. The van der Waals surface area contributed by atoms with Crippen LogP contribution in [0, 0.1) is 0 Å². The van der Waals surface area contributed by atoms with Crippen LogP contribution in [0.15, 0.2) is 79.1 Å². The first-order valence-electron chi connectivity index (χ1n) is 8.08. The van der Waals surface area contributed by atoms with Crippen molar-refractivity contribution in [3.05, 3.63) is 90.3 Å². The molecule has 0 saturated heterocycles. The van der Waals surface area contributed by atoms with E-state index < -0.39 is 17.8 Å². The SMILES string of the molecule is O=C(Nc1cccc(C(F)(F)F)c1)[C@@H](Cc1ccccc1)n1cccc1. The average molecular weight is 358 g/mol. The second-order valence-corrected chi connectivity index (χ2v) is 5.90. The smallest absolute Gasteiger partial charge is 0.342 e. The van der Waals surface area contributed by atoms with Crippen molar-refractivity contribution in [1.29, 1.82) is 0 Å². The van der Waals surface area contributed by atoms with Crippen LogP contribution in [0.3, 0.4) is 0 Å². The van der Waals surface area contributed by atoms with E-state index >= 15 is 0 Å². The molecule has 0 aliphatic carbocycles. The molecular weight excluding hydrogens is 341 g/mol. The zero-order valence-electron chi connectivity index (χ0n) is 13.8. The molecule has 1 heterocycles. The average Bonchev–Trinajstić information content (AvgIpc) is 3.14. The second-order valence-electron chi connectivity index (χ2n) is 5.90. The van der Waals surface area contributed by atoms with Gasteiger partial charge in [0.25, 0.3) is 0 Å². The number of hydrogen-bond acceptors (Lipinski definition) is 1. The van der Waals surface area contributed by atoms with Gasteiger partial charge in [0.05, 0.1) is 5.56 Å². The standard InChI is InChI=1S/C20H17F3N2O/c21-20(22,23)16-9-6-10-17(14-16)24-19(26)18(25-11-4-5-12-25)13-15-7-2-1-3-8-15/h1-12,14,18H,13H2,(H,24,26)/t18-/m1/s1. The monoisotopic (exact) mass is 358 g/mol. The molecule has 1 amide bonds. The predicted molar refractivity (Wildman–Crippen MR) is 93.7 cm³/mol. The Bertz CT molecular complexity index is 858. The van der Waals surface area contributed by atoms with Crippen molar-refractivity contribution in [2.24, 2.45) is 0 Å². The number of rotatable bonds is 5. The molecule has 0 aliphatic heterocycles. The summed E-state index contributed by atoms with van der Waals surface area (Å²) in [6.07, 6.45) is -0.496. The molecule has 3 rings (SSSR count). The highest BCUT2D eigenvalue weighted by Gasteiger charge is 2.30. The van der Waals surface area contributed by atoms with Gasteiger partial charge in [-0.05, 0) is 35.9 Å². The van der Waals surface area contributed by atoms with Crippen molar-refractivity contribution in [1.82, 2.24) is 4.57 Å². The van der Waals surface area contributed by atoms with E-state index in [1.807, 2.05) is 30.3 Å². The summed E-state index contributed by atoms with van der Waals surface area (Å²) in [5.41, 5.74) is 0.288. The maximum Gasteiger partial charge on any atom is 0.416 e. The molecule has 2 aromatic carbocycles. The summed E-state index contributed by atoms with van der Waals surface area (Å²) in [5.74, 6) is -0.371. The molecular formula is C20H17F3N2O. The minimum Gasteiger partial charge on any atom is -0.342 e. The number of alkyl halides is 3. The summed E-state index contributed by atoms with van der Waals surface area (Å²) in [7, 11) is 0. The number of carbonyl (C=O) groups is 1. The van der Waals surface area contributed by atoms with E-state index in [0.717, 1.165) is 17.7 Å². The maximum absolute atomic E-state index is 12.9. The molecule has 3 aromatic rings. The summed E-state index contributed by atoms with van der Waals surface area (Å²) in [6, 6.07) is 17.1. The van der Waals surface area contributed by atoms with Crippen LogP contribution in [-0.4, -0.2) is 10.5 Å². The number of anilines is 1. The fourth-order valence-corrected chi connectivity index (χ4v) is 2.73. The van der Waals surface area contributed by atoms with Crippen LogP contribution in [-0.2, 0) is 17.4 Å². The van der Waals surface area contributed by atoms with E-state index in [9.17, 15) is 18.0 Å². The van der Waals surface area contributed by atoms with Crippen molar-refractivity contribution in [3.63, 3.8) is 0 Å². The van der Waals surface area contributed by atoms with Crippen molar-refractivity contribution in [2.45, 2.75) is 18.6 Å². The fourth-order valence-electron chi connectivity index (χ4n) is 2.73. The zero-order chi connectivity index (χ0) is 18.6. The molecule has 3 nitrogen and oxygen atoms in total. The van der Waals surface area contributed by atoms with Crippen molar-refractivity contribution < 1.29 is 18.0 Å². The summed E-state index contributed by atoms with van der Waals surface area (Å²) in [4.78, 5) is 12.8. The molecule has 6 heteroatoms. The number of amides is 1. The summed E-state index contributed by atoms with van der Waals surface area (Å²) in [6.45, 7) is 0. The van der Waals surface area contributed by atoms with Gasteiger partial charge in [-0.3, -0.25) is 4.79 Å². The van der Waals surface area contributed by atoms with Crippen LogP contribution in [0.5, 0.6) is 0 Å². The van der Waals surface area contributed by atoms with Gasteiger partial charge in [-0.2, -0.15) is 13.2 Å². The minimum absolute atomic E-state index is 0.120. The minimum atomic E-state index is -4.45. The van der Waals surface area contributed by atoms with Gasteiger partial charge in [0.15, 0.2) is 0 Å². The Kier molecular flexibility index (Phi) is 5.11. The number of hydrogen-bond donors (Lipinski definition) is 1. The fraction of sp³-hybridized carbons (Fsp3) is 0.150. The van der Waals surface area contributed by atoms with Gasteiger partial charge in [-0.15, -0.1) is 0 Å². The topological polar surface area (TPSA) is 34.0 Å². The van der Waals surface area contributed by atoms with Gasteiger partial charge in [0.2, 0.25) is 5.91 Å². The number of nitrogens with one attached hydrogen (secondary N) is 1. The lowest BCUT2D eigenvalue weighted by Crippen LogP contribution is -2.27. The lowest BCUT2D eigenvalue weighted by atomic mass is 10.0. The highest BCUT2D eigenvalue weighted by Crippen LogP contribution is 2.31. The summed E-state index contributed by atoms with van der Waals surface area (Å²) in [5, 5.41) is 2.60. The molecule has 0 saturated carbocycles. The lowest BCUT2D eigenvalue weighted by molar-refractivity contribution is -0.137. The summed E-state index contributed by atoms with van der Waals surface area (Å²) >= 11 is 0. The first-order chi connectivity index (χ1) is 12.4. The van der Waals surface area contributed by atoms with Crippen LogP contribution in [0.2, 0.25) is 0 Å². The first-order valence-corrected chi connectivity index (χ1v) is 8.08. The van der Waals surface area contributed by atoms with Crippen molar-refractivity contribution in [2.75, 3.05) is 5.32 Å². The second kappa shape index (κ2) is 7.47. The third-order valence-corrected chi connectivity index (χ3v) is 4.02. The highest BCUT2D eigenvalue weighted by molar-refractivity contribution is 5.94. The van der Waals surface area contributed by atoms with Crippen LogP contribution < -0.4 is 5.32 Å². The Balaban J connectivity index is 1.82. The third kappa shape index (κ3) is 4.33. The normalized spacial score (nSPS) is 12.6. The summed E-state index contributed by atoms with van der Waals surface area (Å²) < 4.78 is 40.3. The molecule has 0 fully saturated rings. The molecule has 1 N–H and O–H groups in total. The Labute approximate surface area is 149 Å². The van der Waals surface area contributed by atoms with E-state index in [0.29, 0.717) is 6.42 Å². The van der Waals surface area contributed by atoms with Crippen LogP contribution in [0.1, 0.15) is 17.2 Å². The van der Waals surface area contributed by atoms with Crippen LogP contribution >= 0.6 is 0 Å². The number of aromatic nitrogens is 1. The van der Waals surface area contributed by atoms with Crippen LogP contribution in [0.25, 0.3) is 0 Å². The quantitative estimate of drug-likeness (QED) is 0.689. The molecule has 0 unspecified atom stereocenters. The Morgan fingerprint density at radius 2 is 1.65 bits per heavy atom. The van der Waals surface area contributed by atoms with Crippen molar-refractivity contribution >= 4 is 11.6 Å². The molecule has 0 aliphatic rings. The third-order valence-electron chi connectivity index (χ3n) is 4.02. The van der Waals surface area contributed by atoms with E-state index in [1.165, 1.54) is 12.1 Å². The maximum atomic E-state index is 12.9. The van der Waals surface area contributed by atoms with Gasteiger partial charge < -0.3 is 9.88 Å². The first kappa shape index (κ1) is 17.8. The highest BCUT2D eigenvalue weighted by atomic mass is 19.4. The van der Waals surface area contributed by atoms with E-state index in [4.69, 9.17) is 0 Å². The number of nitrogens with zero attached hydrogens (tertiary/aromatic N) is 1. The molecule has 26 heavy (non-hydrogen) atoms. The molecule has 134 valence electrons. The Morgan fingerprint density at radius 1 is 0.962 bits per heavy atom. The van der Waals surface area contributed by atoms with E-state index in [1.54, 1.807) is 29.1 Å². The van der Waals surface area contributed by atoms with Gasteiger partial charge in [-0.25, -0.2) is 0 Å². The molecule has 0 radical (unpaired) electrons. The van der Waals surface area contributed by atoms with Gasteiger partial charge in [0, 0.05) is 24.5 Å². The molecule has 1 atom stereocenters. The number of halogens is 3. The van der Waals surface area contributed by atoms with Crippen LogP contribution in [0.4, 0.5) is 18.9 Å². The lowest BCUT2D eigenvalue weighted by Gasteiger charge is -2.19. The molecule has 0 bridgehead atoms. The zero-order valence-corrected chi connectivity index (χ0v) is 13.8. The molecule has 0 spiro atoms. The van der Waals surface area contributed by atoms with Gasteiger partial charge >= 0.3 is 6.18 Å². The van der Waals surface area contributed by atoms with Crippen molar-refractivity contribution in [3.8, 4) is 0 Å². The van der Waals surface area contributed by atoms with E-state index in [-0.39, 0.29) is 11.6 Å². The van der Waals surface area contributed by atoms with Gasteiger partial charge in [-0.1, -0.05) is 36.4 Å². The number of carbonyl (C=O) groups excluding carboxylic acids is 1. The van der Waals surface area contributed by atoms with E-state index in [2.05, 4.69) is 5.32 Å². The Morgan fingerprint density at radius 3 is 2.31 bits per heavy atom. The largest absolute Gasteiger partial charge is 0.416 e. The number of benzene rings is 2. The Hall–Kier alpha value is -3.02.